The number of unbranched alkanes of at least 4 members (excludes halogenated alkanes) is 7. The van der Waals surface area contributed by atoms with Crippen molar-refractivity contribution < 1.29 is 14.0 Å². The van der Waals surface area contributed by atoms with Crippen LogP contribution >= 0.6 is 0 Å². The molecule has 128 valence electrons. The molecule has 1 rings (SSSR count). The maximum absolute atomic E-state index is 13.4. The topological polar surface area (TPSA) is 58.2 Å². The first-order valence-corrected chi connectivity index (χ1v) is 8.49. The van der Waals surface area contributed by atoms with Gasteiger partial charge in [0.15, 0.2) is 0 Å². The number of hydrogen-bond acceptors (Lipinski definition) is 2. The molecule has 1 aromatic carbocycles. The number of anilines is 1. The Labute approximate surface area is 137 Å². The van der Waals surface area contributed by atoms with Gasteiger partial charge in [-0.1, -0.05) is 64.0 Å². The van der Waals surface area contributed by atoms with Crippen molar-refractivity contribution in [3.8, 4) is 0 Å². The van der Waals surface area contributed by atoms with Gasteiger partial charge in [-0.15, -0.1) is 0 Å². The first-order valence-electron chi connectivity index (χ1n) is 8.49. The molecule has 0 atom stereocenters. The lowest BCUT2D eigenvalue weighted by atomic mass is 10.1. The molecule has 0 aromatic heterocycles. The number of amides is 2. The van der Waals surface area contributed by atoms with Crippen molar-refractivity contribution in [3.05, 3.63) is 30.1 Å². The summed E-state index contributed by atoms with van der Waals surface area (Å²) in [6, 6.07) is 5.76. The summed E-state index contributed by atoms with van der Waals surface area (Å²) >= 11 is 0. The summed E-state index contributed by atoms with van der Waals surface area (Å²) in [4.78, 5) is 23.3. The third-order valence-corrected chi connectivity index (χ3v) is 3.64. The highest BCUT2D eigenvalue weighted by molar-refractivity contribution is 6.39. The number of rotatable bonds is 10. The highest BCUT2D eigenvalue weighted by Crippen LogP contribution is 2.12. The Kier molecular flexibility index (Phi) is 9.68. The summed E-state index contributed by atoms with van der Waals surface area (Å²) in [5.74, 6) is -2.12. The van der Waals surface area contributed by atoms with Gasteiger partial charge in [-0.2, -0.15) is 0 Å². The van der Waals surface area contributed by atoms with E-state index in [2.05, 4.69) is 17.6 Å². The van der Waals surface area contributed by atoms with E-state index in [0.717, 1.165) is 19.3 Å². The molecule has 2 amide bonds. The maximum Gasteiger partial charge on any atom is 0.313 e. The quantitative estimate of drug-likeness (QED) is 0.505. The Hall–Kier alpha value is -1.91. The molecule has 1 aromatic rings. The smallest absolute Gasteiger partial charge is 0.313 e. The van der Waals surface area contributed by atoms with Crippen molar-refractivity contribution in [1.29, 1.82) is 0 Å². The van der Waals surface area contributed by atoms with Crippen LogP contribution in [-0.2, 0) is 9.59 Å². The van der Waals surface area contributed by atoms with E-state index in [1.165, 1.54) is 50.3 Å². The van der Waals surface area contributed by atoms with Crippen molar-refractivity contribution >= 4 is 17.5 Å². The van der Waals surface area contributed by atoms with Crippen LogP contribution in [0, 0.1) is 5.82 Å². The fourth-order valence-electron chi connectivity index (χ4n) is 2.28. The molecule has 2 N–H and O–H groups in total. The van der Waals surface area contributed by atoms with Gasteiger partial charge >= 0.3 is 11.8 Å². The molecule has 0 spiro atoms. The molecular weight excluding hydrogens is 295 g/mol. The Morgan fingerprint density at radius 3 is 2.17 bits per heavy atom. The highest BCUT2D eigenvalue weighted by Gasteiger charge is 2.14. The van der Waals surface area contributed by atoms with Crippen LogP contribution in [0.1, 0.15) is 58.3 Å². The van der Waals surface area contributed by atoms with E-state index in [1.807, 2.05) is 0 Å². The molecule has 0 aliphatic heterocycles. The number of benzene rings is 1. The van der Waals surface area contributed by atoms with Gasteiger partial charge in [0.1, 0.15) is 5.82 Å². The average Bonchev–Trinajstić information content (AvgIpc) is 2.55. The standard InChI is InChI=1S/C18H27FN2O2/c1-2-3-4-5-6-7-8-11-14-20-17(22)18(23)21-16-13-10-9-12-15(16)19/h9-10,12-13H,2-8,11,14H2,1H3,(H,20,22)(H,21,23). The van der Waals surface area contributed by atoms with Crippen LogP contribution in [-0.4, -0.2) is 18.4 Å². The lowest BCUT2D eigenvalue weighted by Crippen LogP contribution is -2.36. The minimum atomic E-state index is -0.838. The molecule has 4 nitrogen and oxygen atoms in total. The molecular formula is C18H27FN2O2. The fraction of sp³-hybridized carbons (Fsp3) is 0.556. The predicted molar refractivity (Wildman–Crippen MR) is 90.6 cm³/mol. The number of halogens is 1. The van der Waals surface area contributed by atoms with Crippen molar-refractivity contribution in [2.45, 2.75) is 58.3 Å². The Morgan fingerprint density at radius 2 is 1.52 bits per heavy atom. The second kappa shape index (κ2) is 11.6. The number of carbonyl (C=O) groups excluding carboxylic acids is 2. The summed E-state index contributed by atoms with van der Waals surface area (Å²) < 4.78 is 13.4. The molecule has 0 aliphatic carbocycles. The van der Waals surface area contributed by atoms with E-state index >= 15 is 0 Å². The second-order valence-electron chi connectivity index (χ2n) is 5.66. The van der Waals surface area contributed by atoms with E-state index in [9.17, 15) is 14.0 Å². The fourth-order valence-corrected chi connectivity index (χ4v) is 2.28. The number of carbonyl (C=O) groups is 2. The number of para-hydroxylation sites is 1. The maximum atomic E-state index is 13.4. The SMILES string of the molecule is CCCCCCCCCCNC(=O)C(=O)Nc1ccccc1F. The number of nitrogens with one attached hydrogen (secondary N) is 2. The average molecular weight is 322 g/mol. The lowest BCUT2D eigenvalue weighted by Gasteiger charge is -2.07. The van der Waals surface area contributed by atoms with Gasteiger partial charge in [0, 0.05) is 6.54 Å². The predicted octanol–water partition coefficient (Wildman–Crippen LogP) is 4.02. The minimum Gasteiger partial charge on any atom is -0.348 e. The van der Waals surface area contributed by atoms with Gasteiger partial charge in [0.25, 0.3) is 0 Å². The zero-order valence-electron chi connectivity index (χ0n) is 13.9. The third-order valence-electron chi connectivity index (χ3n) is 3.64. The van der Waals surface area contributed by atoms with E-state index < -0.39 is 17.6 Å². The molecule has 5 heteroatoms. The second-order valence-corrected chi connectivity index (χ2v) is 5.66. The van der Waals surface area contributed by atoms with E-state index in [-0.39, 0.29) is 5.69 Å². The van der Waals surface area contributed by atoms with E-state index in [1.54, 1.807) is 6.07 Å². The van der Waals surface area contributed by atoms with Gasteiger partial charge in [-0.3, -0.25) is 9.59 Å². The van der Waals surface area contributed by atoms with Crippen LogP contribution in [0.4, 0.5) is 10.1 Å². The summed E-state index contributed by atoms with van der Waals surface area (Å²) in [5, 5.41) is 4.82. The van der Waals surface area contributed by atoms with Crippen LogP contribution in [0.5, 0.6) is 0 Å². The largest absolute Gasteiger partial charge is 0.348 e. The minimum absolute atomic E-state index is 0.0136. The summed E-state index contributed by atoms with van der Waals surface area (Å²) in [6.07, 6.45) is 9.39. The van der Waals surface area contributed by atoms with Gasteiger partial charge in [-0.05, 0) is 18.6 Å². The number of hydrogen-bond donors (Lipinski definition) is 2. The summed E-state index contributed by atoms with van der Waals surface area (Å²) in [7, 11) is 0. The Balaban J connectivity index is 2.10. The zero-order chi connectivity index (χ0) is 16.9. The van der Waals surface area contributed by atoms with Crippen molar-refractivity contribution in [1.82, 2.24) is 5.32 Å². The van der Waals surface area contributed by atoms with Crippen LogP contribution in [0.25, 0.3) is 0 Å². The third kappa shape index (κ3) is 8.33. The molecule has 0 unspecified atom stereocenters. The Bertz CT molecular complexity index is 492. The van der Waals surface area contributed by atoms with Crippen molar-refractivity contribution in [3.63, 3.8) is 0 Å². The normalized spacial score (nSPS) is 10.3. The monoisotopic (exact) mass is 322 g/mol. The van der Waals surface area contributed by atoms with Gasteiger partial charge < -0.3 is 10.6 Å². The van der Waals surface area contributed by atoms with Gasteiger partial charge in [0.2, 0.25) is 0 Å². The van der Waals surface area contributed by atoms with Crippen LogP contribution in [0.3, 0.4) is 0 Å². The van der Waals surface area contributed by atoms with Crippen LogP contribution in [0.2, 0.25) is 0 Å². The van der Waals surface area contributed by atoms with E-state index in [0.29, 0.717) is 6.54 Å². The lowest BCUT2D eigenvalue weighted by molar-refractivity contribution is -0.136. The molecule has 23 heavy (non-hydrogen) atoms. The zero-order valence-corrected chi connectivity index (χ0v) is 13.9. The van der Waals surface area contributed by atoms with Crippen molar-refractivity contribution in [2.75, 3.05) is 11.9 Å². The molecule has 0 heterocycles. The molecule has 0 fully saturated rings. The molecule has 0 aliphatic rings. The van der Waals surface area contributed by atoms with Crippen LogP contribution < -0.4 is 10.6 Å². The molecule has 0 radical (unpaired) electrons. The first-order chi connectivity index (χ1) is 11.1. The van der Waals surface area contributed by atoms with Crippen LogP contribution in [0.15, 0.2) is 24.3 Å². The van der Waals surface area contributed by atoms with Crippen molar-refractivity contribution in [2.24, 2.45) is 0 Å². The van der Waals surface area contributed by atoms with E-state index in [4.69, 9.17) is 0 Å². The van der Waals surface area contributed by atoms with Gasteiger partial charge in [0.05, 0.1) is 5.69 Å². The molecule has 0 saturated carbocycles. The molecule has 0 bridgehead atoms. The summed E-state index contributed by atoms with van der Waals surface area (Å²) in [5.41, 5.74) is 0.0136. The van der Waals surface area contributed by atoms with Gasteiger partial charge in [-0.25, -0.2) is 4.39 Å². The summed E-state index contributed by atoms with van der Waals surface area (Å²) in [6.45, 7) is 2.67. The molecule has 0 saturated heterocycles. The first kappa shape index (κ1) is 19.1. The highest BCUT2D eigenvalue weighted by atomic mass is 19.1. The Morgan fingerprint density at radius 1 is 0.913 bits per heavy atom.